The smallest absolute Gasteiger partial charge is 0.256 e. The second kappa shape index (κ2) is 10.5. The van der Waals surface area contributed by atoms with Gasteiger partial charge in [-0.1, -0.05) is 97.1 Å². The third-order valence-electron chi connectivity index (χ3n) is 7.06. The Morgan fingerprint density at radius 2 is 1.55 bits per heavy atom. The van der Waals surface area contributed by atoms with Gasteiger partial charge in [0.1, 0.15) is 18.0 Å². The predicted octanol–water partition coefficient (Wildman–Crippen LogP) is 4.63. The molecule has 2 aliphatic rings. The van der Waals surface area contributed by atoms with E-state index in [1.54, 1.807) is 0 Å². The van der Waals surface area contributed by atoms with Crippen molar-refractivity contribution in [3.63, 3.8) is 0 Å². The van der Waals surface area contributed by atoms with Gasteiger partial charge in [0.25, 0.3) is 5.79 Å². The van der Waals surface area contributed by atoms with E-state index in [1.807, 2.05) is 104 Å². The maximum absolute atomic E-state index is 11.6. The van der Waals surface area contributed by atoms with Gasteiger partial charge < -0.3 is 33.9 Å². The van der Waals surface area contributed by atoms with E-state index in [9.17, 15) is 10.2 Å². The minimum atomic E-state index is -2.53. The Kier molecular flexibility index (Phi) is 6.88. The Labute approximate surface area is 221 Å². The Morgan fingerprint density at radius 1 is 0.842 bits per heavy atom. The molecule has 2 heterocycles. The lowest BCUT2D eigenvalue weighted by molar-refractivity contribution is -0.430. The quantitative estimate of drug-likeness (QED) is 0.363. The van der Waals surface area contributed by atoms with E-state index >= 15 is 0 Å². The molecule has 0 bridgehead atoms. The van der Waals surface area contributed by atoms with Crippen LogP contribution in [0.5, 0.6) is 5.75 Å². The van der Waals surface area contributed by atoms with Crippen LogP contribution >= 0.6 is 0 Å². The molecule has 38 heavy (non-hydrogen) atoms. The first kappa shape index (κ1) is 25.0. The molecule has 6 rings (SSSR count). The third-order valence-corrected chi connectivity index (χ3v) is 7.06. The number of aliphatic hydroxyl groups is 2. The lowest BCUT2D eigenvalue weighted by atomic mass is 9.94. The van der Waals surface area contributed by atoms with Crippen LogP contribution in [0, 0.1) is 6.92 Å². The molecule has 5 atom stereocenters. The maximum atomic E-state index is 11.6. The summed E-state index contributed by atoms with van der Waals surface area (Å²) in [4.78, 5) is 0. The number of fused-ring (bicyclic) bond motifs is 2. The Balaban J connectivity index is 1.35. The first-order valence-corrected chi connectivity index (χ1v) is 12.7. The zero-order valence-corrected chi connectivity index (χ0v) is 21.0. The van der Waals surface area contributed by atoms with Crippen molar-refractivity contribution in [3.8, 4) is 5.75 Å². The molecular formula is C31H30O7. The number of aryl methyl sites for hydroxylation is 1. The van der Waals surface area contributed by atoms with E-state index in [1.165, 1.54) is 0 Å². The number of hydrogen-bond acceptors (Lipinski definition) is 7. The molecule has 2 N–H and O–H groups in total. The van der Waals surface area contributed by atoms with Gasteiger partial charge in [0.2, 0.25) is 6.29 Å². The van der Waals surface area contributed by atoms with Crippen LogP contribution in [0.3, 0.4) is 0 Å². The first-order valence-electron chi connectivity index (χ1n) is 12.7. The average Bonchev–Trinajstić information content (AvgIpc) is 2.95. The standard InChI is InChI=1S/C31H30O7/c1-20-16-17-22-12-8-9-15-24(22)26(20)37-28-27-25(19-34-29(38-27)23-13-6-3-7-14-23)36-30(31(28,32)33)35-18-21-10-4-2-5-11-21/h2-17,25,27-30,32-33H,18-19H2,1H3/t25-,27-,28+,29?,30-/m1/s1. The highest BCUT2D eigenvalue weighted by Gasteiger charge is 2.60. The molecule has 0 radical (unpaired) electrons. The summed E-state index contributed by atoms with van der Waals surface area (Å²) < 4.78 is 30.8. The molecule has 7 nitrogen and oxygen atoms in total. The van der Waals surface area contributed by atoms with Gasteiger partial charge in [0.05, 0.1) is 13.2 Å². The van der Waals surface area contributed by atoms with E-state index in [0.717, 1.165) is 27.5 Å². The van der Waals surface area contributed by atoms with E-state index in [4.69, 9.17) is 23.7 Å². The summed E-state index contributed by atoms with van der Waals surface area (Å²) in [5.74, 6) is -1.98. The second-order valence-electron chi connectivity index (χ2n) is 9.73. The molecule has 0 amide bonds. The summed E-state index contributed by atoms with van der Waals surface area (Å²) in [7, 11) is 0. The molecule has 2 saturated heterocycles. The lowest BCUT2D eigenvalue weighted by Crippen LogP contribution is -2.70. The highest BCUT2D eigenvalue weighted by atomic mass is 16.8. The van der Waals surface area contributed by atoms with Crippen molar-refractivity contribution in [1.29, 1.82) is 0 Å². The highest BCUT2D eigenvalue weighted by molar-refractivity contribution is 5.89. The lowest BCUT2D eigenvalue weighted by Gasteiger charge is -2.50. The van der Waals surface area contributed by atoms with Crippen molar-refractivity contribution in [1.82, 2.24) is 0 Å². The van der Waals surface area contributed by atoms with Crippen molar-refractivity contribution < 1.29 is 33.9 Å². The molecule has 7 heteroatoms. The molecule has 2 aliphatic heterocycles. The fourth-order valence-corrected chi connectivity index (χ4v) is 5.05. The van der Waals surface area contributed by atoms with E-state index < -0.39 is 36.7 Å². The fourth-order valence-electron chi connectivity index (χ4n) is 5.05. The Morgan fingerprint density at radius 3 is 2.34 bits per heavy atom. The van der Waals surface area contributed by atoms with E-state index in [2.05, 4.69) is 0 Å². The zero-order chi connectivity index (χ0) is 26.1. The van der Waals surface area contributed by atoms with E-state index in [0.29, 0.717) is 5.75 Å². The predicted molar refractivity (Wildman–Crippen MR) is 140 cm³/mol. The van der Waals surface area contributed by atoms with Gasteiger partial charge in [0, 0.05) is 10.9 Å². The van der Waals surface area contributed by atoms with Crippen molar-refractivity contribution in [2.24, 2.45) is 0 Å². The summed E-state index contributed by atoms with van der Waals surface area (Å²) in [6, 6.07) is 30.8. The van der Waals surface area contributed by atoms with Crippen LogP contribution in [0.4, 0.5) is 0 Å². The molecular weight excluding hydrogens is 484 g/mol. The van der Waals surface area contributed by atoms with Crippen molar-refractivity contribution in [2.45, 2.75) is 50.2 Å². The zero-order valence-electron chi connectivity index (χ0n) is 21.0. The highest BCUT2D eigenvalue weighted by Crippen LogP contribution is 2.41. The number of rotatable bonds is 6. The molecule has 1 unspecified atom stereocenters. The number of ether oxygens (including phenoxy) is 5. The molecule has 0 aromatic heterocycles. The molecule has 4 aromatic rings. The molecule has 4 aromatic carbocycles. The van der Waals surface area contributed by atoms with Crippen LogP contribution in [0.2, 0.25) is 0 Å². The number of benzene rings is 4. The van der Waals surface area contributed by atoms with Gasteiger partial charge in [-0.15, -0.1) is 0 Å². The van der Waals surface area contributed by atoms with Gasteiger partial charge in [-0.3, -0.25) is 0 Å². The van der Waals surface area contributed by atoms with Crippen LogP contribution in [0.25, 0.3) is 10.8 Å². The topological polar surface area (TPSA) is 86.6 Å². The van der Waals surface area contributed by atoms with Crippen molar-refractivity contribution in [3.05, 3.63) is 114 Å². The second-order valence-corrected chi connectivity index (χ2v) is 9.73. The van der Waals surface area contributed by atoms with Gasteiger partial charge in [-0.2, -0.15) is 0 Å². The molecule has 0 saturated carbocycles. The average molecular weight is 515 g/mol. The molecule has 196 valence electrons. The van der Waals surface area contributed by atoms with Crippen LogP contribution in [-0.4, -0.2) is 47.2 Å². The minimum absolute atomic E-state index is 0.125. The van der Waals surface area contributed by atoms with Crippen LogP contribution in [0.1, 0.15) is 23.0 Å². The van der Waals surface area contributed by atoms with Gasteiger partial charge in [-0.25, -0.2) is 0 Å². The summed E-state index contributed by atoms with van der Waals surface area (Å²) in [5.41, 5.74) is 2.54. The monoisotopic (exact) mass is 514 g/mol. The van der Waals surface area contributed by atoms with Crippen molar-refractivity contribution >= 4 is 10.8 Å². The largest absolute Gasteiger partial charge is 0.481 e. The Bertz CT molecular complexity index is 1380. The summed E-state index contributed by atoms with van der Waals surface area (Å²) in [5, 5.41) is 24.9. The third kappa shape index (κ3) is 4.80. The first-order chi connectivity index (χ1) is 18.5. The maximum Gasteiger partial charge on any atom is 0.256 e. The normalized spacial score (nSPS) is 26.6. The van der Waals surface area contributed by atoms with Gasteiger partial charge in [-0.05, 0) is 23.4 Å². The van der Waals surface area contributed by atoms with Gasteiger partial charge in [0.15, 0.2) is 12.4 Å². The summed E-state index contributed by atoms with van der Waals surface area (Å²) in [6.07, 6.45) is -4.84. The van der Waals surface area contributed by atoms with Crippen molar-refractivity contribution in [2.75, 3.05) is 6.61 Å². The van der Waals surface area contributed by atoms with Crippen LogP contribution < -0.4 is 4.74 Å². The molecule has 0 spiro atoms. The fraction of sp³-hybridized carbons (Fsp3) is 0.290. The SMILES string of the molecule is Cc1ccc2ccccc2c1O[C@H]1[C@@H]2OC(c3ccccc3)OC[C@H]2O[C@@H](OCc2ccccc2)C1(O)O. The Hall–Kier alpha value is -3.30. The molecule has 2 fully saturated rings. The summed E-state index contributed by atoms with van der Waals surface area (Å²) >= 11 is 0. The van der Waals surface area contributed by atoms with Gasteiger partial charge >= 0.3 is 0 Å². The number of hydrogen-bond donors (Lipinski definition) is 2. The van der Waals surface area contributed by atoms with Crippen LogP contribution in [-0.2, 0) is 25.6 Å². The summed E-state index contributed by atoms with van der Waals surface area (Å²) in [6.45, 7) is 2.22. The minimum Gasteiger partial charge on any atom is -0.481 e. The van der Waals surface area contributed by atoms with Crippen LogP contribution in [0.15, 0.2) is 97.1 Å². The molecule has 0 aliphatic carbocycles. The van der Waals surface area contributed by atoms with E-state index in [-0.39, 0.29) is 13.2 Å².